The number of aryl methyl sites for hydroxylation is 1. The molecule has 0 atom stereocenters. The van der Waals surface area contributed by atoms with Crippen molar-refractivity contribution in [1.82, 2.24) is 29.7 Å². The van der Waals surface area contributed by atoms with Crippen LogP contribution in [0.15, 0.2) is 42.9 Å². The first kappa shape index (κ1) is 20.1. The molecule has 0 amide bonds. The molecule has 166 valence electrons. The van der Waals surface area contributed by atoms with E-state index in [1.807, 2.05) is 17.6 Å². The molecule has 33 heavy (non-hydrogen) atoms. The van der Waals surface area contributed by atoms with Crippen molar-refractivity contribution in [2.24, 2.45) is 0 Å². The largest absolute Gasteiger partial charge is 0.378 e. The molecule has 0 saturated carbocycles. The summed E-state index contributed by atoms with van der Waals surface area (Å²) >= 11 is 6.66. The van der Waals surface area contributed by atoms with Gasteiger partial charge in [0.1, 0.15) is 29.0 Å². The molecule has 8 nitrogen and oxygen atoms in total. The second kappa shape index (κ2) is 7.79. The summed E-state index contributed by atoms with van der Waals surface area (Å²) in [7, 11) is 0. The highest BCUT2D eigenvalue weighted by Crippen LogP contribution is 2.37. The number of aromatic nitrogens is 6. The van der Waals surface area contributed by atoms with E-state index in [0.717, 1.165) is 35.4 Å². The van der Waals surface area contributed by atoms with Gasteiger partial charge in [-0.15, -0.1) is 10.2 Å². The molecule has 0 spiro atoms. The van der Waals surface area contributed by atoms with Gasteiger partial charge in [-0.05, 0) is 25.1 Å². The minimum atomic E-state index is -0.399. The highest BCUT2D eigenvalue weighted by atomic mass is 35.5. The fourth-order valence-corrected chi connectivity index (χ4v) is 4.69. The maximum atomic E-state index is 14.5. The highest BCUT2D eigenvalue weighted by molar-refractivity contribution is 6.33. The highest BCUT2D eigenvalue weighted by Gasteiger charge is 2.23. The molecule has 1 N–H and O–H groups in total. The number of H-pyrrole nitrogens is 1. The van der Waals surface area contributed by atoms with Crippen molar-refractivity contribution >= 4 is 39.2 Å². The van der Waals surface area contributed by atoms with Crippen LogP contribution in [0, 0.1) is 12.7 Å². The van der Waals surface area contributed by atoms with Crippen LogP contribution in [-0.4, -0.2) is 56.0 Å². The van der Waals surface area contributed by atoms with Crippen molar-refractivity contribution in [1.29, 1.82) is 0 Å². The van der Waals surface area contributed by atoms with Gasteiger partial charge in [-0.2, -0.15) is 0 Å². The molecular formula is C23H19ClFN7O. The van der Waals surface area contributed by atoms with Crippen molar-refractivity contribution in [2.45, 2.75) is 6.92 Å². The summed E-state index contributed by atoms with van der Waals surface area (Å²) in [6, 6.07) is 9.03. The van der Waals surface area contributed by atoms with Crippen LogP contribution in [-0.2, 0) is 4.74 Å². The Morgan fingerprint density at radius 3 is 2.79 bits per heavy atom. The first-order valence-electron chi connectivity index (χ1n) is 10.6. The average Bonchev–Trinajstić information content (AvgIpc) is 3.47. The molecule has 1 fully saturated rings. The topological polar surface area (TPSA) is 84.8 Å². The summed E-state index contributed by atoms with van der Waals surface area (Å²) in [6.45, 7) is 4.78. The number of fused-ring (bicyclic) bond motifs is 2. The van der Waals surface area contributed by atoms with Crippen molar-refractivity contribution in [3.05, 3.63) is 59.5 Å². The summed E-state index contributed by atoms with van der Waals surface area (Å²) < 4.78 is 22.0. The van der Waals surface area contributed by atoms with Crippen molar-refractivity contribution in [3.8, 4) is 17.1 Å². The molecule has 4 heterocycles. The average molecular weight is 464 g/mol. The predicted molar refractivity (Wildman–Crippen MR) is 124 cm³/mol. The Kier molecular flexibility index (Phi) is 4.74. The normalized spacial score (nSPS) is 14.5. The number of hydrogen-bond donors (Lipinski definition) is 1. The van der Waals surface area contributed by atoms with Crippen LogP contribution in [0.25, 0.3) is 39.0 Å². The summed E-state index contributed by atoms with van der Waals surface area (Å²) in [6.07, 6.45) is 3.03. The Morgan fingerprint density at radius 1 is 1.15 bits per heavy atom. The number of imidazole rings is 1. The molecule has 3 aromatic heterocycles. The van der Waals surface area contributed by atoms with E-state index in [9.17, 15) is 4.39 Å². The van der Waals surface area contributed by atoms with Crippen molar-refractivity contribution in [2.75, 3.05) is 31.2 Å². The molecule has 1 aliphatic rings. The van der Waals surface area contributed by atoms with E-state index in [4.69, 9.17) is 21.3 Å². The first-order chi connectivity index (χ1) is 16.1. The molecule has 0 bridgehead atoms. The number of pyridine rings is 1. The van der Waals surface area contributed by atoms with E-state index in [2.05, 4.69) is 37.2 Å². The number of anilines is 1. The molecule has 0 unspecified atom stereocenters. The molecule has 2 aromatic carbocycles. The van der Waals surface area contributed by atoms with E-state index in [1.165, 1.54) is 12.3 Å². The predicted octanol–water partition coefficient (Wildman–Crippen LogP) is 4.30. The molecule has 0 radical (unpaired) electrons. The van der Waals surface area contributed by atoms with E-state index in [-0.39, 0.29) is 5.52 Å². The Hall–Kier alpha value is -3.56. The zero-order valence-corrected chi connectivity index (χ0v) is 18.5. The lowest BCUT2D eigenvalue weighted by molar-refractivity contribution is 0.122. The lowest BCUT2D eigenvalue weighted by atomic mass is 10.1. The molecule has 6 rings (SSSR count). The van der Waals surface area contributed by atoms with Gasteiger partial charge in [0.05, 0.1) is 29.4 Å². The molecule has 10 heteroatoms. The van der Waals surface area contributed by atoms with Crippen LogP contribution in [0.5, 0.6) is 0 Å². The van der Waals surface area contributed by atoms with Gasteiger partial charge in [-0.1, -0.05) is 23.7 Å². The fraction of sp³-hybridized carbons (Fsp3) is 0.217. The molecule has 1 saturated heterocycles. The third-order valence-corrected chi connectivity index (χ3v) is 6.24. The summed E-state index contributed by atoms with van der Waals surface area (Å²) in [5.41, 5.74) is 4.33. The van der Waals surface area contributed by atoms with E-state index in [0.29, 0.717) is 41.0 Å². The molecular weight excluding hydrogens is 445 g/mol. The van der Waals surface area contributed by atoms with Crippen LogP contribution in [0.3, 0.4) is 0 Å². The van der Waals surface area contributed by atoms with Gasteiger partial charge in [-0.3, -0.25) is 9.55 Å². The summed E-state index contributed by atoms with van der Waals surface area (Å²) in [4.78, 5) is 14.4. The minimum Gasteiger partial charge on any atom is -0.378 e. The Morgan fingerprint density at radius 2 is 2.00 bits per heavy atom. The Labute approximate surface area is 193 Å². The van der Waals surface area contributed by atoms with Crippen LogP contribution >= 0.6 is 11.6 Å². The monoisotopic (exact) mass is 463 g/mol. The third kappa shape index (κ3) is 3.23. The summed E-state index contributed by atoms with van der Waals surface area (Å²) in [5, 5.41) is 9.21. The van der Waals surface area contributed by atoms with Gasteiger partial charge >= 0.3 is 0 Å². The standard InChI is InChI=1S/C23H19ClFN7O/c1-13-29-21-16(23-27-12-28-30-23)9-14(31-5-7-33-8-6-31)10-19(21)32(13)22-15-3-2-4-18(25)20(15)26-11-17(22)24/h2-4,9-12H,5-8H2,1H3,(H,27,28,30). The zero-order valence-electron chi connectivity index (χ0n) is 17.7. The van der Waals surface area contributed by atoms with Crippen LogP contribution < -0.4 is 4.90 Å². The van der Waals surface area contributed by atoms with Gasteiger partial charge in [-0.25, -0.2) is 9.37 Å². The SMILES string of the molecule is Cc1nc2c(-c3nnc[nH]3)cc(N3CCOCC3)cc2n1-c1c(Cl)cnc2c(F)cccc12. The number of ether oxygens (including phenoxy) is 1. The first-order valence-corrected chi connectivity index (χ1v) is 10.9. The zero-order chi connectivity index (χ0) is 22.5. The minimum absolute atomic E-state index is 0.262. The number of hydrogen-bond acceptors (Lipinski definition) is 6. The Balaban J connectivity index is 1.69. The van der Waals surface area contributed by atoms with E-state index < -0.39 is 5.82 Å². The molecule has 5 aromatic rings. The Bertz CT molecular complexity index is 1490. The molecule has 0 aliphatic carbocycles. The number of morpholine rings is 1. The number of para-hydroxylation sites is 1. The van der Waals surface area contributed by atoms with Gasteiger partial charge < -0.3 is 14.6 Å². The number of aromatic amines is 1. The molecule has 1 aliphatic heterocycles. The van der Waals surface area contributed by atoms with Gasteiger partial charge in [0.2, 0.25) is 0 Å². The number of nitrogens with zero attached hydrogens (tertiary/aromatic N) is 6. The third-order valence-electron chi connectivity index (χ3n) is 5.96. The van der Waals surface area contributed by atoms with Crippen molar-refractivity contribution in [3.63, 3.8) is 0 Å². The maximum absolute atomic E-state index is 14.5. The lowest BCUT2D eigenvalue weighted by Crippen LogP contribution is -2.36. The lowest BCUT2D eigenvalue weighted by Gasteiger charge is -2.29. The van der Waals surface area contributed by atoms with Gasteiger partial charge in [0.25, 0.3) is 0 Å². The van der Waals surface area contributed by atoms with E-state index in [1.54, 1.807) is 12.4 Å². The van der Waals surface area contributed by atoms with E-state index >= 15 is 0 Å². The number of halogens is 2. The second-order valence-corrected chi connectivity index (χ2v) is 8.29. The number of benzene rings is 2. The number of rotatable bonds is 3. The fourth-order valence-electron chi connectivity index (χ4n) is 4.46. The smallest absolute Gasteiger partial charge is 0.163 e. The van der Waals surface area contributed by atoms with Crippen molar-refractivity contribution < 1.29 is 9.13 Å². The van der Waals surface area contributed by atoms with Gasteiger partial charge in [0.15, 0.2) is 5.82 Å². The quantitative estimate of drug-likeness (QED) is 0.429. The second-order valence-electron chi connectivity index (χ2n) is 7.88. The number of nitrogens with one attached hydrogen (secondary N) is 1. The van der Waals surface area contributed by atoms with Crippen LogP contribution in [0.2, 0.25) is 5.02 Å². The summed E-state index contributed by atoms with van der Waals surface area (Å²) in [5.74, 6) is 0.934. The van der Waals surface area contributed by atoms with Crippen LogP contribution in [0.4, 0.5) is 10.1 Å². The van der Waals surface area contributed by atoms with Gasteiger partial charge in [0, 0.05) is 35.9 Å². The van der Waals surface area contributed by atoms with Crippen LogP contribution in [0.1, 0.15) is 5.82 Å². The maximum Gasteiger partial charge on any atom is 0.163 e.